The van der Waals surface area contributed by atoms with E-state index in [4.69, 9.17) is 9.73 Å². The number of rotatable bonds is 7. The summed E-state index contributed by atoms with van der Waals surface area (Å²) in [5.74, 6) is -0.463. The van der Waals surface area contributed by atoms with Crippen molar-refractivity contribution >= 4 is 28.8 Å². The molecule has 0 aliphatic carbocycles. The van der Waals surface area contributed by atoms with Gasteiger partial charge in [-0.15, -0.1) is 0 Å². The number of amidine groups is 1. The summed E-state index contributed by atoms with van der Waals surface area (Å²) in [7, 11) is 0. The molecule has 1 atom stereocenters. The zero-order valence-corrected chi connectivity index (χ0v) is 21.6. The minimum absolute atomic E-state index is 0.0840. The number of hydrogen-bond donors (Lipinski definition) is 1. The van der Waals surface area contributed by atoms with Crippen molar-refractivity contribution in [1.29, 1.82) is 0 Å². The van der Waals surface area contributed by atoms with Crippen molar-refractivity contribution in [3.05, 3.63) is 93.2 Å². The molecule has 35 heavy (non-hydrogen) atoms. The van der Waals surface area contributed by atoms with Crippen molar-refractivity contribution in [2.75, 3.05) is 0 Å². The van der Waals surface area contributed by atoms with E-state index in [2.05, 4.69) is 23.5 Å². The van der Waals surface area contributed by atoms with E-state index in [-0.39, 0.29) is 24.4 Å². The van der Waals surface area contributed by atoms with E-state index in [0.717, 1.165) is 33.1 Å². The molecule has 1 N–H and O–H groups in total. The first-order chi connectivity index (χ1) is 16.7. The van der Waals surface area contributed by atoms with Gasteiger partial charge in [0.15, 0.2) is 5.17 Å². The lowest BCUT2D eigenvalue weighted by Gasteiger charge is -2.37. The predicted molar refractivity (Wildman–Crippen MR) is 140 cm³/mol. The zero-order valence-electron chi connectivity index (χ0n) is 20.8. The Morgan fingerprint density at radius 2 is 1.86 bits per heavy atom. The number of nitrogens with one attached hydrogen (secondary N) is 1. The lowest BCUT2D eigenvalue weighted by Crippen LogP contribution is -2.38. The number of thioether (sulfide) groups is 1. The van der Waals surface area contributed by atoms with Gasteiger partial charge < -0.3 is 15.0 Å². The van der Waals surface area contributed by atoms with Crippen LogP contribution in [-0.2, 0) is 20.9 Å². The second-order valence-corrected chi connectivity index (χ2v) is 9.98. The maximum atomic E-state index is 13.3. The Kier molecular flexibility index (Phi) is 7.45. The number of hydrogen-bond acceptors (Lipinski definition) is 6. The Labute approximate surface area is 211 Å². The zero-order chi connectivity index (χ0) is 25.1. The maximum absolute atomic E-state index is 13.3. The second kappa shape index (κ2) is 10.5. The fourth-order valence-electron chi connectivity index (χ4n) is 4.28. The lowest BCUT2D eigenvalue weighted by molar-refractivity contribution is -0.143. The Hall–Kier alpha value is -3.32. The standard InChI is InChI=1S/C28H31N3O3S/c1-17(2)34-27(33)25-20(5)30-28-31(26(25)23-13-18(3)11-12-19(23)4)22(16-35-28)14-24(32)29-15-21-9-7-6-8-10-21/h6-13,16-17,26H,14-15H2,1-5H3,(H,29,32). The second-order valence-electron chi connectivity index (χ2n) is 9.15. The van der Waals surface area contributed by atoms with Gasteiger partial charge in [0, 0.05) is 12.2 Å². The fourth-order valence-corrected chi connectivity index (χ4v) is 5.24. The topological polar surface area (TPSA) is 71.0 Å². The van der Waals surface area contributed by atoms with Crippen LogP contribution in [0.3, 0.4) is 0 Å². The highest BCUT2D eigenvalue weighted by Gasteiger charge is 2.41. The molecule has 2 aliphatic heterocycles. The number of fused-ring (bicyclic) bond motifs is 1. The number of carbonyl (C=O) groups excluding carboxylic acids is 2. The van der Waals surface area contributed by atoms with E-state index in [9.17, 15) is 9.59 Å². The van der Waals surface area contributed by atoms with Gasteiger partial charge in [-0.25, -0.2) is 9.79 Å². The maximum Gasteiger partial charge on any atom is 0.338 e. The third-order valence-electron chi connectivity index (χ3n) is 5.97. The van der Waals surface area contributed by atoms with Crippen LogP contribution in [0.25, 0.3) is 0 Å². The Morgan fingerprint density at radius 1 is 1.11 bits per heavy atom. The van der Waals surface area contributed by atoms with E-state index in [1.54, 1.807) is 0 Å². The number of carbonyl (C=O) groups is 2. The summed E-state index contributed by atoms with van der Waals surface area (Å²) in [6, 6.07) is 15.6. The minimum Gasteiger partial charge on any atom is -0.459 e. The Bertz CT molecular complexity index is 1230. The molecular formula is C28H31N3O3S. The first kappa shape index (κ1) is 24.8. The Morgan fingerprint density at radius 3 is 2.57 bits per heavy atom. The van der Waals surface area contributed by atoms with Crippen LogP contribution in [0.4, 0.5) is 0 Å². The smallest absolute Gasteiger partial charge is 0.338 e. The van der Waals surface area contributed by atoms with E-state index in [1.807, 2.05) is 75.3 Å². The van der Waals surface area contributed by atoms with Crippen LogP contribution < -0.4 is 5.32 Å². The summed E-state index contributed by atoms with van der Waals surface area (Å²) >= 11 is 1.48. The first-order valence-corrected chi connectivity index (χ1v) is 12.7. The molecule has 0 saturated carbocycles. The van der Waals surface area contributed by atoms with Crippen LogP contribution in [0.5, 0.6) is 0 Å². The van der Waals surface area contributed by atoms with Crippen LogP contribution in [-0.4, -0.2) is 28.0 Å². The van der Waals surface area contributed by atoms with Gasteiger partial charge in [-0.3, -0.25) is 4.79 Å². The van der Waals surface area contributed by atoms with Gasteiger partial charge in [-0.2, -0.15) is 0 Å². The van der Waals surface area contributed by atoms with Crippen LogP contribution in [0.1, 0.15) is 55.5 Å². The van der Waals surface area contributed by atoms with Gasteiger partial charge in [0.05, 0.1) is 29.8 Å². The highest BCUT2D eigenvalue weighted by Crippen LogP contribution is 2.45. The Balaban J connectivity index is 1.66. The molecule has 0 bridgehead atoms. The molecule has 0 radical (unpaired) electrons. The number of benzene rings is 2. The molecule has 4 rings (SSSR count). The summed E-state index contributed by atoms with van der Waals surface area (Å²) in [5.41, 5.74) is 6.17. The molecule has 2 heterocycles. The van der Waals surface area contributed by atoms with Crippen molar-refractivity contribution in [3.63, 3.8) is 0 Å². The average molecular weight is 490 g/mol. The number of aryl methyl sites for hydroxylation is 2. The molecule has 2 aromatic carbocycles. The van der Waals surface area contributed by atoms with Gasteiger partial charge in [0.2, 0.25) is 5.91 Å². The van der Waals surface area contributed by atoms with Gasteiger partial charge in [-0.05, 0) is 56.7 Å². The number of amides is 1. The van der Waals surface area contributed by atoms with Crippen molar-refractivity contribution in [1.82, 2.24) is 10.2 Å². The van der Waals surface area contributed by atoms with Crippen LogP contribution in [0, 0.1) is 13.8 Å². The monoisotopic (exact) mass is 489 g/mol. The largest absolute Gasteiger partial charge is 0.459 e. The molecule has 182 valence electrons. The predicted octanol–water partition coefficient (Wildman–Crippen LogP) is 5.54. The number of ether oxygens (including phenoxy) is 1. The molecule has 1 amide bonds. The molecule has 2 aliphatic rings. The molecule has 0 fully saturated rings. The fraction of sp³-hybridized carbons (Fsp3) is 0.321. The summed E-state index contributed by atoms with van der Waals surface area (Å²) in [5, 5.41) is 5.73. The van der Waals surface area contributed by atoms with Gasteiger partial charge in [-0.1, -0.05) is 65.9 Å². The molecule has 1 unspecified atom stereocenters. The van der Waals surface area contributed by atoms with Crippen molar-refractivity contribution < 1.29 is 14.3 Å². The molecule has 6 nitrogen and oxygen atoms in total. The minimum atomic E-state index is -0.420. The van der Waals surface area contributed by atoms with Gasteiger partial charge in [0.25, 0.3) is 0 Å². The quantitative estimate of drug-likeness (QED) is 0.518. The number of allylic oxidation sites excluding steroid dienone is 1. The number of aliphatic imine (C=N–C) groups is 1. The van der Waals surface area contributed by atoms with Crippen LogP contribution in [0.15, 0.2) is 75.9 Å². The van der Waals surface area contributed by atoms with E-state index < -0.39 is 6.04 Å². The number of nitrogens with zero attached hydrogens (tertiary/aromatic N) is 2. The third kappa shape index (κ3) is 5.51. The van der Waals surface area contributed by atoms with Gasteiger partial charge in [0.1, 0.15) is 0 Å². The summed E-state index contributed by atoms with van der Waals surface area (Å²) < 4.78 is 5.64. The number of esters is 1. The summed E-state index contributed by atoms with van der Waals surface area (Å²) in [6.45, 7) is 10.1. The molecule has 0 saturated heterocycles. The normalized spacial score (nSPS) is 17.2. The highest BCUT2D eigenvalue weighted by molar-refractivity contribution is 8.16. The van der Waals surface area contributed by atoms with E-state index in [1.165, 1.54) is 11.8 Å². The third-order valence-corrected chi connectivity index (χ3v) is 6.86. The molecule has 0 spiro atoms. The van der Waals surface area contributed by atoms with Crippen molar-refractivity contribution in [3.8, 4) is 0 Å². The van der Waals surface area contributed by atoms with E-state index >= 15 is 0 Å². The van der Waals surface area contributed by atoms with Crippen molar-refractivity contribution in [2.45, 2.75) is 59.7 Å². The highest BCUT2D eigenvalue weighted by atomic mass is 32.2. The molecule has 2 aromatic rings. The summed E-state index contributed by atoms with van der Waals surface area (Å²) in [6.07, 6.45) is -0.0645. The van der Waals surface area contributed by atoms with E-state index in [0.29, 0.717) is 17.8 Å². The van der Waals surface area contributed by atoms with Crippen molar-refractivity contribution in [2.24, 2.45) is 4.99 Å². The summed E-state index contributed by atoms with van der Waals surface area (Å²) in [4.78, 5) is 33.0. The molecular weight excluding hydrogens is 458 g/mol. The van der Waals surface area contributed by atoms with Crippen LogP contribution >= 0.6 is 11.8 Å². The molecule has 7 heteroatoms. The SMILES string of the molecule is CC1=C(C(=O)OC(C)C)C(c2cc(C)ccc2C)N2C(CC(=O)NCc3ccccc3)=CSC2=N1. The molecule has 0 aromatic heterocycles. The van der Waals surface area contributed by atoms with Gasteiger partial charge >= 0.3 is 5.97 Å². The first-order valence-electron chi connectivity index (χ1n) is 11.8. The lowest BCUT2D eigenvalue weighted by atomic mass is 9.90. The van der Waals surface area contributed by atoms with Crippen LogP contribution in [0.2, 0.25) is 0 Å². The average Bonchev–Trinajstić information content (AvgIpc) is 3.20.